The number of carbonyl (C=O) groups excluding carboxylic acids is 5. The second-order valence-electron chi connectivity index (χ2n) is 14.0. The summed E-state index contributed by atoms with van der Waals surface area (Å²) in [5.74, 6) is -3.52. The minimum absolute atomic E-state index is 0.0197. The Kier molecular flexibility index (Phi) is 10.4. The SMILES string of the molecule is CC(C)(C)OC(=O)N[C@H]1CCCCC/C=C\C2CC2(C(=O)NP(=O)(O)O)NC(=O)[C@@H]2C[C@@H](OC(=O)N3Cc4cccc(F)c4C3)CN2C1=O. The van der Waals surface area contributed by atoms with Crippen molar-refractivity contribution in [1.82, 2.24) is 25.5 Å². The topological polar surface area (TPSA) is 204 Å². The number of rotatable bonds is 4. The lowest BCUT2D eigenvalue weighted by Crippen LogP contribution is -2.57. The Balaban J connectivity index is 1.40. The number of amides is 5. The van der Waals surface area contributed by atoms with Gasteiger partial charge in [0.2, 0.25) is 11.8 Å². The number of halogens is 1. The minimum atomic E-state index is -5.01. The first kappa shape index (κ1) is 36.3. The van der Waals surface area contributed by atoms with Crippen LogP contribution in [0.1, 0.15) is 76.8 Å². The van der Waals surface area contributed by atoms with Gasteiger partial charge in [0.15, 0.2) is 0 Å². The summed E-state index contributed by atoms with van der Waals surface area (Å²) in [7, 11) is -5.01. The molecule has 5 N–H and O–H groups in total. The number of alkyl carbamates (subject to hydrolysis) is 1. The molecule has 49 heavy (non-hydrogen) atoms. The number of nitrogens with one attached hydrogen (secondary N) is 3. The zero-order chi connectivity index (χ0) is 35.7. The van der Waals surface area contributed by atoms with E-state index >= 15 is 0 Å². The molecule has 0 aromatic heterocycles. The van der Waals surface area contributed by atoms with Crippen LogP contribution in [0.3, 0.4) is 0 Å². The fourth-order valence-corrected chi connectivity index (χ4v) is 7.04. The van der Waals surface area contributed by atoms with Crippen molar-refractivity contribution in [1.29, 1.82) is 0 Å². The van der Waals surface area contributed by atoms with Gasteiger partial charge in [0.1, 0.15) is 35.1 Å². The summed E-state index contributed by atoms with van der Waals surface area (Å²) in [6, 6.07) is 2.17. The van der Waals surface area contributed by atoms with Crippen molar-refractivity contribution in [3.63, 3.8) is 0 Å². The molecule has 4 aliphatic rings. The molecule has 0 radical (unpaired) electrons. The van der Waals surface area contributed by atoms with Gasteiger partial charge in [0.25, 0.3) is 5.91 Å². The maximum absolute atomic E-state index is 14.3. The van der Waals surface area contributed by atoms with E-state index in [0.29, 0.717) is 30.4 Å². The van der Waals surface area contributed by atoms with Gasteiger partial charge in [-0.1, -0.05) is 37.1 Å². The van der Waals surface area contributed by atoms with Crippen LogP contribution in [0.4, 0.5) is 14.0 Å². The van der Waals surface area contributed by atoms with Crippen LogP contribution in [0.25, 0.3) is 0 Å². The number of fused-ring (bicyclic) bond motifs is 3. The largest absolute Gasteiger partial charge is 0.444 e. The molecule has 268 valence electrons. The Bertz CT molecular complexity index is 1580. The Morgan fingerprint density at radius 2 is 1.88 bits per heavy atom. The average molecular weight is 708 g/mol. The van der Waals surface area contributed by atoms with Gasteiger partial charge in [-0.25, -0.2) is 18.5 Å². The van der Waals surface area contributed by atoms with E-state index in [4.69, 9.17) is 9.47 Å². The van der Waals surface area contributed by atoms with Gasteiger partial charge in [-0.2, -0.15) is 0 Å². The molecule has 1 aromatic rings. The molecule has 2 unspecified atom stereocenters. The standard InChI is InChI=1S/C32H43FN5O10P/c1-31(2,3)48-29(42)34-24-13-8-6-4-5-7-11-20-15-32(20,28(41)36-49(44,45)46)35-26(39)25-14-21(17-38(25)27(24)40)47-30(43)37-16-19-10-9-12-23(33)22(19)18-37/h7,9-12,20-21,24-25H,4-6,8,13-18H2,1-3H3,(H,34,42)(H,35,39)(H3,36,41,44,45,46)/b11-7-/t20?,21-,24+,25+,32?/m1/s1. The summed E-state index contributed by atoms with van der Waals surface area (Å²) >= 11 is 0. The average Bonchev–Trinajstić information content (AvgIpc) is 3.30. The highest BCUT2D eigenvalue weighted by molar-refractivity contribution is 7.50. The lowest BCUT2D eigenvalue weighted by molar-refractivity contribution is -0.141. The molecule has 3 heterocycles. The van der Waals surface area contributed by atoms with Crippen LogP contribution in [0, 0.1) is 11.7 Å². The van der Waals surface area contributed by atoms with Crippen molar-refractivity contribution in [2.24, 2.45) is 5.92 Å². The van der Waals surface area contributed by atoms with E-state index in [1.165, 1.54) is 15.9 Å². The predicted octanol–water partition coefficient (Wildman–Crippen LogP) is 2.74. The van der Waals surface area contributed by atoms with Gasteiger partial charge in [0, 0.05) is 24.4 Å². The van der Waals surface area contributed by atoms with Crippen LogP contribution in [-0.2, 0) is 41.5 Å². The van der Waals surface area contributed by atoms with E-state index in [-0.39, 0.29) is 38.9 Å². The van der Waals surface area contributed by atoms with Crippen molar-refractivity contribution in [3.05, 3.63) is 47.3 Å². The third-order valence-corrected chi connectivity index (χ3v) is 9.53. The monoisotopic (exact) mass is 707 g/mol. The highest BCUT2D eigenvalue weighted by Crippen LogP contribution is 2.47. The lowest BCUT2D eigenvalue weighted by Gasteiger charge is -2.30. The zero-order valence-electron chi connectivity index (χ0n) is 27.6. The highest BCUT2D eigenvalue weighted by Gasteiger charge is 2.62. The molecule has 2 fully saturated rings. The van der Waals surface area contributed by atoms with E-state index < -0.39 is 78.7 Å². The fraction of sp³-hybridized carbons (Fsp3) is 0.594. The first-order valence-electron chi connectivity index (χ1n) is 16.3. The summed E-state index contributed by atoms with van der Waals surface area (Å²) < 4.78 is 37.2. The number of nitrogens with zero attached hydrogens (tertiary/aromatic N) is 2. The third-order valence-electron chi connectivity index (χ3n) is 9.03. The Hall–Kier alpha value is -4.01. The molecule has 1 aromatic carbocycles. The minimum Gasteiger partial charge on any atom is -0.444 e. The van der Waals surface area contributed by atoms with E-state index in [0.717, 1.165) is 6.42 Å². The van der Waals surface area contributed by atoms with Gasteiger partial charge >= 0.3 is 19.9 Å². The first-order chi connectivity index (χ1) is 23.0. The first-order valence-corrected chi connectivity index (χ1v) is 18.0. The molecule has 5 amide bonds. The molecule has 0 spiro atoms. The van der Waals surface area contributed by atoms with Crippen LogP contribution in [0.5, 0.6) is 0 Å². The number of allylic oxidation sites excluding steroid dienone is 1. The molecule has 15 nitrogen and oxygen atoms in total. The van der Waals surface area contributed by atoms with E-state index in [2.05, 4.69) is 10.6 Å². The van der Waals surface area contributed by atoms with E-state index in [9.17, 15) is 42.7 Å². The Labute approximate surface area is 283 Å². The lowest BCUT2D eigenvalue weighted by atomic mass is 10.0. The molecule has 17 heteroatoms. The van der Waals surface area contributed by atoms with Crippen LogP contribution in [0.15, 0.2) is 30.4 Å². The van der Waals surface area contributed by atoms with Crippen molar-refractivity contribution < 1.29 is 52.2 Å². The highest BCUT2D eigenvalue weighted by atomic mass is 31.2. The summed E-state index contributed by atoms with van der Waals surface area (Å²) in [6.45, 7) is 4.89. The number of hydrogen-bond donors (Lipinski definition) is 5. The van der Waals surface area contributed by atoms with Gasteiger partial charge in [-0.15, -0.1) is 0 Å². The van der Waals surface area contributed by atoms with Gasteiger partial charge in [-0.3, -0.25) is 24.4 Å². The number of benzene rings is 1. The van der Waals surface area contributed by atoms with Crippen LogP contribution < -0.4 is 15.7 Å². The summed E-state index contributed by atoms with van der Waals surface area (Å²) in [4.78, 5) is 88.7. The van der Waals surface area contributed by atoms with Gasteiger partial charge in [-0.05, 0) is 58.1 Å². The van der Waals surface area contributed by atoms with Crippen LogP contribution in [-0.4, -0.2) is 85.4 Å². The molecule has 3 aliphatic heterocycles. The Morgan fingerprint density at radius 3 is 2.57 bits per heavy atom. The van der Waals surface area contributed by atoms with Gasteiger partial charge < -0.3 is 34.8 Å². The normalized spacial score (nSPS) is 28.1. The number of carbonyl (C=O) groups is 5. The molecule has 1 aliphatic carbocycles. The molecule has 0 bridgehead atoms. The maximum atomic E-state index is 14.3. The Morgan fingerprint density at radius 1 is 1.12 bits per heavy atom. The van der Waals surface area contributed by atoms with E-state index in [1.54, 1.807) is 44.1 Å². The summed E-state index contributed by atoms with van der Waals surface area (Å²) in [6.07, 6.45) is 3.68. The quantitative estimate of drug-likeness (QED) is 0.229. The van der Waals surface area contributed by atoms with Crippen molar-refractivity contribution >= 4 is 37.7 Å². The molecular weight excluding hydrogens is 664 g/mol. The predicted molar refractivity (Wildman–Crippen MR) is 171 cm³/mol. The molecule has 1 saturated heterocycles. The second kappa shape index (κ2) is 14.1. The molecule has 1 saturated carbocycles. The molecular formula is C32H43FN5O10P. The zero-order valence-corrected chi connectivity index (χ0v) is 28.5. The smallest absolute Gasteiger partial charge is 0.429 e. The van der Waals surface area contributed by atoms with Crippen molar-refractivity contribution in [3.8, 4) is 0 Å². The number of hydrogen-bond acceptors (Lipinski definition) is 8. The van der Waals surface area contributed by atoms with Crippen molar-refractivity contribution in [2.75, 3.05) is 6.54 Å². The second-order valence-corrected chi connectivity index (χ2v) is 15.3. The summed E-state index contributed by atoms with van der Waals surface area (Å²) in [5, 5.41) is 6.93. The maximum Gasteiger partial charge on any atom is 0.429 e. The van der Waals surface area contributed by atoms with Crippen molar-refractivity contribution in [2.45, 2.75) is 108 Å². The van der Waals surface area contributed by atoms with Crippen LogP contribution in [0.2, 0.25) is 0 Å². The van der Waals surface area contributed by atoms with E-state index in [1.807, 2.05) is 6.08 Å². The molecule has 5 rings (SSSR count). The van der Waals surface area contributed by atoms with Crippen LogP contribution >= 0.6 is 7.75 Å². The molecule has 5 atom stereocenters. The summed E-state index contributed by atoms with van der Waals surface area (Å²) in [5.41, 5.74) is -1.53. The number of ether oxygens (including phenoxy) is 2. The fourth-order valence-electron chi connectivity index (χ4n) is 6.57. The van der Waals surface area contributed by atoms with Gasteiger partial charge in [0.05, 0.1) is 13.1 Å². The third kappa shape index (κ3) is 8.78.